The van der Waals surface area contributed by atoms with Crippen LogP contribution < -0.4 is 0 Å². The maximum Gasteiger partial charge on any atom is 0.340 e. The molecule has 21 heavy (non-hydrogen) atoms. The molecule has 1 fully saturated rings. The van der Waals surface area contributed by atoms with Gasteiger partial charge in [-0.3, -0.25) is 0 Å². The van der Waals surface area contributed by atoms with Gasteiger partial charge in [0, 0.05) is 12.8 Å². The van der Waals surface area contributed by atoms with Crippen molar-refractivity contribution in [2.24, 2.45) is 0 Å². The first kappa shape index (κ1) is 14.8. The van der Waals surface area contributed by atoms with Gasteiger partial charge in [-0.25, -0.2) is 4.79 Å². The minimum absolute atomic E-state index is 0.0550. The number of hydrogen-bond donors (Lipinski definition) is 0. The van der Waals surface area contributed by atoms with Crippen LogP contribution in [0, 0.1) is 0 Å². The summed E-state index contributed by atoms with van der Waals surface area (Å²) >= 11 is 0. The molecule has 1 saturated heterocycles. The van der Waals surface area contributed by atoms with Crippen LogP contribution in [0.3, 0.4) is 0 Å². The zero-order valence-electron chi connectivity index (χ0n) is 13.5. The third kappa shape index (κ3) is 2.46. The Labute approximate surface area is 127 Å². The van der Waals surface area contributed by atoms with Gasteiger partial charge in [0.25, 0.3) is 0 Å². The van der Waals surface area contributed by atoms with E-state index in [1.807, 2.05) is 0 Å². The van der Waals surface area contributed by atoms with E-state index in [0.29, 0.717) is 18.6 Å². The fraction of sp³-hybridized carbons (Fsp3) is 0.688. The fourth-order valence-corrected chi connectivity index (χ4v) is 3.87. The fourth-order valence-electron chi connectivity index (χ4n) is 2.76. The van der Waals surface area contributed by atoms with Gasteiger partial charge < -0.3 is 13.9 Å². The van der Waals surface area contributed by atoms with Crippen LogP contribution in [0.25, 0.3) is 0 Å². The molecular formula is C16H24O4Si. The Morgan fingerprint density at radius 3 is 2.71 bits per heavy atom. The quantitative estimate of drug-likeness (QED) is 0.446. The summed E-state index contributed by atoms with van der Waals surface area (Å²) in [5, 5.41) is 0.100. The van der Waals surface area contributed by atoms with Crippen molar-refractivity contribution in [2.45, 2.75) is 64.0 Å². The molecule has 3 aliphatic heterocycles. The lowest BCUT2D eigenvalue weighted by molar-refractivity contribution is -0.140. The Morgan fingerprint density at radius 2 is 2.05 bits per heavy atom. The van der Waals surface area contributed by atoms with E-state index in [0.717, 1.165) is 12.2 Å². The second-order valence-electron chi connectivity index (χ2n) is 7.59. The largest absolute Gasteiger partial charge is 0.546 e. The lowest BCUT2D eigenvalue weighted by atomic mass is 10.0. The summed E-state index contributed by atoms with van der Waals surface area (Å²) in [5.74, 6) is 0.540. The standard InChI is InChI=1S/C16H24O4Si/c1-16(2,3)21(4,5)20-12-9-11-8-10-6-7-18-15(17)13(12)14(10)19-11/h8,11,14H,6-7,9H2,1-5H3/t11-,14+/m0/s1. The summed E-state index contributed by atoms with van der Waals surface area (Å²) in [6, 6.07) is 0. The Balaban J connectivity index is 1.98. The Bertz CT molecular complexity index is 539. The summed E-state index contributed by atoms with van der Waals surface area (Å²) in [4.78, 5) is 12.3. The summed E-state index contributed by atoms with van der Waals surface area (Å²) < 4.78 is 17.7. The van der Waals surface area contributed by atoms with Crippen LogP contribution in [0.4, 0.5) is 0 Å². The Morgan fingerprint density at radius 1 is 1.33 bits per heavy atom. The van der Waals surface area contributed by atoms with Crippen molar-refractivity contribution < 1.29 is 18.7 Å². The molecular weight excluding hydrogens is 284 g/mol. The van der Waals surface area contributed by atoms with Crippen LogP contribution in [0.5, 0.6) is 0 Å². The van der Waals surface area contributed by atoms with Gasteiger partial charge >= 0.3 is 5.97 Å². The summed E-state index contributed by atoms with van der Waals surface area (Å²) in [5.41, 5.74) is 1.78. The highest BCUT2D eigenvalue weighted by Gasteiger charge is 2.46. The molecule has 2 atom stereocenters. The average molecular weight is 308 g/mol. The van der Waals surface area contributed by atoms with Crippen molar-refractivity contribution in [1.82, 2.24) is 0 Å². The monoisotopic (exact) mass is 308 g/mol. The molecule has 0 aromatic carbocycles. The molecule has 2 bridgehead atoms. The molecule has 0 unspecified atom stereocenters. The van der Waals surface area contributed by atoms with Crippen molar-refractivity contribution in [3.05, 3.63) is 23.0 Å². The molecule has 0 saturated carbocycles. The van der Waals surface area contributed by atoms with E-state index in [1.165, 1.54) is 5.57 Å². The Hall–Kier alpha value is -1.07. The van der Waals surface area contributed by atoms with E-state index < -0.39 is 8.32 Å². The van der Waals surface area contributed by atoms with Crippen molar-refractivity contribution in [3.63, 3.8) is 0 Å². The van der Waals surface area contributed by atoms with Crippen molar-refractivity contribution >= 4 is 14.3 Å². The molecule has 0 N–H and O–H groups in total. The van der Waals surface area contributed by atoms with E-state index in [2.05, 4.69) is 39.9 Å². The zero-order valence-corrected chi connectivity index (χ0v) is 14.5. The molecule has 0 radical (unpaired) electrons. The van der Waals surface area contributed by atoms with Gasteiger partial charge in [-0.1, -0.05) is 26.8 Å². The first-order valence-corrected chi connectivity index (χ1v) is 10.5. The van der Waals surface area contributed by atoms with Gasteiger partial charge in [0.2, 0.25) is 8.32 Å². The minimum Gasteiger partial charge on any atom is -0.546 e. The maximum absolute atomic E-state index is 12.3. The van der Waals surface area contributed by atoms with Crippen LogP contribution >= 0.6 is 0 Å². The first-order chi connectivity index (χ1) is 9.69. The molecule has 4 nitrogen and oxygen atoms in total. The van der Waals surface area contributed by atoms with Gasteiger partial charge in [0.15, 0.2) is 0 Å². The number of rotatable bonds is 2. The second-order valence-corrected chi connectivity index (χ2v) is 12.3. The summed E-state index contributed by atoms with van der Waals surface area (Å²) in [6.07, 6.45) is 3.38. The molecule has 3 aliphatic rings. The lowest BCUT2D eigenvalue weighted by Crippen LogP contribution is -2.42. The average Bonchev–Trinajstić information content (AvgIpc) is 2.56. The van der Waals surface area contributed by atoms with E-state index >= 15 is 0 Å². The lowest BCUT2D eigenvalue weighted by Gasteiger charge is -2.39. The number of carbonyl (C=O) groups is 1. The number of esters is 1. The molecule has 0 aromatic rings. The van der Waals surface area contributed by atoms with Gasteiger partial charge in [-0.2, -0.15) is 0 Å². The van der Waals surface area contributed by atoms with E-state index in [1.54, 1.807) is 0 Å². The molecule has 0 spiro atoms. The molecule has 3 heterocycles. The maximum atomic E-state index is 12.3. The topological polar surface area (TPSA) is 44.8 Å². The predicted octanol–water partition coefficient (Wildman–Crippen LogP) is 3.31. The van der Waals surface area contributed by atoms with Crippen LogP contribution in [-0.2, 0) is 18.7 Å². The normalized spacial score (nSPS) is 29.0. The summed E-state index contributed by atoms with van der Waals surface area (Å²) in [7, 11) is -1.97. The molecule has 116 valence electrons. The van der Waals surface area contributed by atoms with Crippen LogP contribution in [0.1, 0.15) is 33.6 Å². The van der Waals surface area contributed by atoms with Gasteiger partial charge in [-0.05, 0) is 23.7 Å². The number of fused-ring (bicyclic) bond motifs is 1. The summed E-state index contributed by atoms with van der Waals surface area (Å²) in [6.45, 7) is 11.4. The molecule has 3 rings (SSSR count). The third-order valence-electron chi connectivity index (χ3n) is 5.03. The van der Waals surface area contributed by atoms with Crippen LogP contribution in [-0.4, -0.2) is 33.1 Å². The van der Waals surface area contributed by atoms with E-state index in [9.17, 15) is 4.79 Å². The second kappa shape index (κ2) is 4.71. The minimum atomic E-state index is -1.97. The molecule has 0 amide bonds. The highest BCUT2D eigenvalue weighted by molar-refractivity contribution is 6.74. The Kier molecular flexibility index (Phi) is 3.33. The van der Waals surface area contributed by atoms with Crippen molar-refractivity contribution in [1.29, 1.82) is 0 Å². The van der Waals surface area contributed by atoms with E-state index in [4.69, 9.17) is 13.9 Å². The van der Waals surface area contributed by atoms with Gasteiger partial charge in [0.05, 0.1) is 18.5 Å². The number of cyclic esters (lactones) is 1. The van der Waals surface area contributed by atoms with Crippen molar-refractivity contribution in [3.8, 4) is 0 Å². The van der Waals surface area contributed by atoms with Gasteiger partial charge in [0.1, 0.15) is 11.7 Å². The zero-order chi connectivity index (χ0) is 15.4. The van der Waals surface area contributed by atoms with Crippen LogP contribution in [0.15, 0.2) is 23.0 Å². The molecule has 0 aliphatic carbocycles. The SMILES string of the molecule is CC(C)(C)[Si](C)(C)OC1=C2C(=O)OCCC3=C[C@@H](C1)O[C@H]32. The number of carbonyl (C=O) groups excluding carboxylic acids is 1. The highest BCUT2D eigenvalue weighted by atomic mass is 28.4. The smallest absolute Gasteiger partial charge is 0.340 e. The van der Waals surface area contributed by atoms with Gasteiger partial charge in [-0.15, -0.1) is 0 Å². The highest BCUT2D eigenvalue weighted by Crippen LogP contribution is 2.44. The number of ether oxygens (including phenoxy) is 2. The number of hydrogen-bond acceptors (Lipinski definition) is 4. The van der Waals surface area contributed by atoms with Crippen LogP contribution in [0.2, 0.25) is 18.1 Å². The molecule has 0 aromatic heterocycles. The third-order valence-corrected chi connectivity index (χ3v) is 9.39. The molecule has 5 heteroatoms. The van der Waals surface area contributed by atoms with Crippen molar-refractivity contribution in [2.75, 3.05) is 6.61 Å². The predicted molar refractivity (Wildman–Crippen MR) is 82.2 cm³/mol. The van der Waals surface area contributed by atoms with E-state index in [-0.39, 0.29) is 23.2 Å². The first-order valence-electron chi connectivity index (χ1n) is 7.64.